The van der Waals surface area contributed by atoms with Gasteiger partial charge in [-0.2, -0.15) is 0 Å². The summed E-state index contributed by atoms with van der Waals surface area (Å²) in [4.78, 5) is 37.2. The fourth-order valence-electron chi connectivity index (χ4n) is 3.17. The first-order valence-corrected chi connectivity index (χ1v) is 9.19. The van der Waals surface area contributed by atoms with Gasteiger partial charge in [0.05, 0.1) is 23.9 Å². The van der Waals surface area contributed by atoms with E-state index in [1.165, 1.54) is 7.11 Å². The molecule has 6 nitrogen and oxygen atoms in total. The number of amides is 1. The fourth-order valence-corrected chi connectivity index (χ4v) is 3.17. The van der Waals surface area contributed by atoms with Crippen LogP contribution in [0.4, 0.5) is 5.69 Å². The Hall–Kier alpha value is -4.19. The molecular weight excluding hydrogens is 382 g/mol. The molecule has 3 aromatic carbocycles. The molecule has 0 saturated carbocycles. The predicted octanol–water partition coefficient (Wildman–Crippen LogP) is 4.50. The normalized spacial score (nSPS) is 10.6. The van der Waals surface area contributed by atoms with Crippen LogP contribution in [0.3, 0.4) is 0 Å². The van der Waals surface area contributed by atoms with Gasteiger partial charge in [0, 0.05) is 10.9 Å². The monoisotopic (exact) mass is 399 g/mol. The van der Waals surface area contributed by atoms with E-state index in [2.05, 4.69) is 5.32 Å². The summed E-state index contributed by atoms with van der Waals surface area (Å²) < 4.78 is 10.1. The van der Waals surface area contributed by atoms with Crippen molar-refractivity contribution < 1.29 is 18.7 Å². The van der Waals surface area contributed by atoms with E-state index >= 15 is 0 Å². The first kappa shape index (κ1) is 19.1. The van der Waals surface area contributed by atoms with Gasteiger partial charge in [-0.1, -0.05) is 42.5 Å². The zero-order valence-corrected chi connectivity index (χ0v) is 16.0. The second-order valence-corrected chi connectivity index (χ2v) is 6.56. The van der Waals surface area contributed by atoms with E-state index < -0.39 is 17.5 Å². The highest BCUT2D eigenvalue weighted by Crippen LogP contribution is 2.23. The van der Waals surface area contributed by atoms with Gasteiger partial charge in [0.25, 0.3) is 5.91 Å². The van der Waals surface area contributed by atoms with Crippen LogP contribution in [-0.2, 0) is 4.74 Å². The zero-order chi connectivity index (χ0) is 21.1. The van der Waals surface area contributed by atoms with Crippen molar-refractivity contribution in [2.24, 2.45) is 0 Å². The van der Waals surface area contributed by atoms with Crippen LogP contribution in [0, 0.1) is 0 Å². The average Bonchev–Trinajstić information content (AvgIpc) is 2.78. The lowest BCUT2D eigenvalue weighted by atomic mass is 10.0. The van der Waals surface area contributed by atoms with Gasteiger partial charge < -0.3 is 14.5 Å². The maximum absolute atomic E-state index is 12.8. The molecule has 0 aliphatic heterocycles. The second-order valence-electron chi connectivity index (χ2n) is 6.56. The number of hydrogen-bond acceptors (Lipinski definition) is 5. The first-order chi connectivity index (χ1) is 14.6. The summed E-state index contributed by atoms with van der Waals surface area (Å²) in [5.41, 5.74) is 1.85. The maximum atomic E-state index is 12.8. The van der Waals surface area contributed by atoms with Crippen LogP contribution in [0.25, 0.3) is 22.1 Å². The summed E-state index contributed by atoms with van der Waals surface area (Å²) in [5, 5.41) is 3.51. The molecule has 0 aliphatic carbocycles. The molecule has 0 unspecified atom stereocenters. The van der Waals surface area contributed by atoms with Gasteiger partial charge >= 0.3 is 11.6 Å². The van der Waals surface area contributed by atoms with Crippen LogP contribution in [0.15, 0.2) is 88.1 Å². The van der Waals surface area contributed by atoms with Crippen LogP contribution >= 0.6 is 0 Å². The number of hydrogen-bond donors (Lipinski definition) is 1. The van der Waals surface area contributed by atoms with Crippen molar-refractivity contribution in [2.75, 3.05) is 12.4 Å². The van der Waals surface area contributed by atoms with Crippen molar-refractivity contribution in [1.82, 2.24) is 0 Å². The van der Waals surface area contributed by atoms with Gasteiger partial charge in [-0.3, -0.25) is 4.79 Å². The Kier molecular flexibility index (Phi) is 5.13. The van der Waals surface area contributed by atoms with Crippen LogP contribution in [-0.4, -0.2) is 19.0 Å². The lowest BCUT2D eigenvalue weighted by Crippen LogP contribution is -2.15. The van der Waals surface area contributed by atoms with E-state index in [1.807, 2.05) is 12.1 Å². The third kappa shape index (κ3) is 3.71. The van der Waals surface area contributed by atoms with Crippen molar-refractivity contribution in [3.63, 3.8) is 0 Å². The van der Waals surface area contributed by atoms with Gasteiger partial charge in [0.1, 0.15) is 5.58 Å². The third-order valence-corrected chi connectivity index (χ3v) is 4.66. The van der Waals surface area contributed by atoms with E-state index in [9.17, 15) is 14.4 Å². The molecule has 1 aromatic heterocycles. The Balaban J connectivity index is 1.68. The predicted molar refractivity (Wildman–Crippen MR) is 114 cm³/mol. The molecule has 0 bridgehead atoms. The molecular formula is C24H17NO5. The van der Waals surface area contributed by atoms with E-state index in [0.29, 0.717) is 28.0 Å². The molecule has 4 aromatic rings. The molecule has 0 radical (unpaired) electrons. The van der Waals surface area contributed by atoms with Gasteiger partial charge in [-0.25, -0.2) is 9.59 Å². The minimum absolute atomic E-state index is 0.250. The van der Waals surface area contributed by atoms with Gasteiger partial charge in [0.2, 0.25) is 0 Å². The molecule has 1 amide bonds. The summed E-state index contributed by atoms with van der Waals surface area (Å²) in [5.74, 6) is -0.966. The Morgan fingerprint density at radius 2 is 1.67 bits per heavy atom. The number of ether oxygens (including phenoxy) is 1. The Bertz CT molecular complexity index is 1320. The Morgan fingerprint density at radius 1 is 0.900 bits per heavy atom. The molecule has 4 rings (SSSR count). The number of para-hydroxylation sites is 2. The van der Waals surface area contributed by atoms with Crippen LogP contribution < -0.4 is 10.9 Å². The SMILES string of the molecule is COC(=O)c1ccccc1NC(=O)c1cccc(-c2cc3ccccc3oc2=O)c1. The highest BCUT2D eigenvalue weighted by atomic mass is 16.5. The lowest BCUT2D eigenvalue weighted by Gasteiger charge is -2.10. The molecule has 30 heavy (non-hydrogen) atoms. The number of nitrogens with one attached hydrogen (secondary N) is 1. The third-order valence-electron chi connectivity index (χ3n) is 4.66. The highest BCUT2D eigenvalue weighted by Gasteiger charge is 2.15. The minimum atomic E-state index is -0.548. The molecule has 0 spiro atoms. The van der Waals surface area contributed by atoms with Gasteiger partial charge in [-0.05, 0) is 42.0 Å². The molecule has 1 heterocycles. The quantitative estimate of drug-likeness (QED) is 0.403. The van der Waals surface area contributed by atoms with E-state index in [-0.39, 0.29) is 5.56 Å². The molecule has 0 atom stereocenters. The van der Waals surface area contributed by atoms with Crippen LogP contribution in [0.2, 0.25) is 0 Å². The van der Waals surface area contributed by atoms with Gasteiger partial charge in [-0.15, -0.1) is 0 Å². The molecule has 1 N–H and O–H groups in total. The standard InChI is InChI=1S/C24H17NO5/c1-29-23(27)18-10-3-4-11-20(18)25-22(26)17-9-6-8-15(13-17)19-14-16-7-2-5-12-21(16)30-24(19)28/h2-14H,1H3,(H,25,26). The molecule has 0 fully saturated rings. The molecule has 0 aliphatic rings. The van der Waals surface area contributed by atoms with Crippen molar-refractivity contribution in [3.05, 3.63) is 100 Å². The van der Waals surface area contributed by atoms with Crippen molar-refractivity contribution in [3.8, 4) is 11.1 Å². The number of fused-ring (bicyclic) bond motifs is 1. The number of carbonyl (C=O) groups excluding carboxylic acids is 2. The van der Waals surface area contributed by atoms with Crippen LogP contribution in [0.1, 0.15) is 20.7 Å². The van der Waals surface area contributed by atoms with Crippen molar-refractivity contribution in [2.45, 2.75) is 0 Å². The molecule has 6 heteroatoms. The molecule has 0 saturated heterocycles. The first-order valence-electron chi connectivity index (χ1n) is 9.19. The fraction of sp³-hybridized carbons (Fsp3) is 0.0417. The number of carbonyl (C=O) groups is 2. The summed E-state index contributed by atoms with van der Waals surface area (Å²) in [6.07, 6.45) is 0. The van der Waals surface area contributed by atoms with E-state index in [4.69, 9.17) is 9.15 Å². The van der Waals surface area contributed by atoms with E-state index in [1.54, 1.807) is 66.7 Å². The number of methoxy groups -OCH3 is 1. The van der Waals surface area contributed by atoms with Crippen molar-refractivity contribution in [1.29, 1.82) is 0 Å². The second kappa shape index (κ2) is 8.05. The lowest BCUT2D eigenvalue weighted by molar-refractivity contribution is 0.0602. The minimum Gasteiger partial charge on any atom is -0.465 e. The highest BCUT2D eigenvalue weighted by molar-refractivity contribution is 6.08. The average molecular weight is 399 g/mol. The summed E-state index contributed by atoms with van der Waals surface area (Å²) in [7, 11) is 1.28. The smallest absolute Gasteiger partial charge is 0.344 e. The zero-order valence-electron chi connectivity index (χ0n) is 16.0. The maximum Gasteiger partial charge on any atom is 0.344 e. The summed E-state index contributed by atoms with van der Waals surface area (Å²) in [6.45, 7) is 0. The van der Waals surface area contributed by atoms with Gasteiger partial charge in [0.15, 0.2) is 0 Å². The largest absolute Gasteiger partial charge is 0.465 e. The Morgan fingerprint density at radius 3 is 2.50 bits per heavy atom. The number of benzene rings is 3. The summed E-state index contributed by atoms with van der Waals surface area (Å²) in [6, 6.07) is 22.2. The van der Waals surface area contributed by atoms with E-state index in [0.717, 1.165) is 5.39 Å². The Labute approximate surface area is 171 Å². The number of rotatable bonds is 4. The van der Waals surface area contributed by atoms with Crippen LogP contribution in [0.5, 0.6) is 0 Å². The number of esters is 1. The topological polar surface area (TPSA) is 85.6 Å². The van der Waals surface area contributed by atoms with Crippen molar-refractivity contribution >= 4 is 28.5 Å². The summed E-state index contributed by atoms with van der Waals surface area (Å²) >= 11 is 0. The number of anilines is 1. The molecule has 148 valence electrons.